The second kappa shape index (κ2) is 6.68. The molecule has 0 amide bonds. The number of aliphatic hydroxyl groups is 1. The van der Waals surface area contributed by atoms with E-state index in [0.717, 1.165) is 27.2 Å². The summed E-state index contributed by atoms with van der Waals surface area (Å²) in [5.41, 5.74) is 2.66. The molecule has 5 nitrogen and oxygen atoms in total. The zero-order valence-electron chi connectivity index (χ0n) is 13.1. The first kappa shape index (κ1) is 16.0. The molecule has 0 spiro atoms. The number of nitrogens with one attached hydrogen (secondary N) is 1. The molecule has 0 fully saturated rings. The lowest BCUT2D eigenvalue weighted by Gasteiger charge is -2.22. The Morgan fingerprint density at radius 2 is 2.09 bits per heavy atom. The highest BCUT2D eigenvalue weighted by atomic mass is 79.9. The maximum Gasteiger partial charge on any atom is 0.157 e. The quantitative estimate of drug-likeness (QED) is 0.716. The highest BCUT2D eigenvalue weighted by molar-refractivity contribution is 9.10. The number of aliphatic hydroxyl groups excluding tert-OH is 1. The van der Waals surface area contributed by atoms with Crippen molar-refractivity contribution in [3.8, 4) is 11.3 Å². The van der Waals surface area contributed by atoms with Gasteiger partial charge in [0.15, 0.2) is 5.65 Å². The number of aromatic nitrogens is 3. The summed E-state index contributed by atoms with van der Waals surface area (Å²) in [6, 6.07) is 11.8. The number of hydrogen-bond acceptors (Lipinski definition) is 4. The van der Waals surface area contributed by atoms with Crippen LogP contribution in [0.15, 0.2) is 47.1 Å². The lowest BCUT2D eigenvalue weighted by Crippen LogP contribution is -2.30. The average molecular weight is 375 g/mol. The summed E-state index contributed by atoms with van der Waals surface area (Å²) < 4.78 is 2.77. The van der Waals surface area contributed by atoms with Crippen molar-refractivity contribution in [3.05, 3.63) is 47.1 Å². The fourth-order valence-corrected chi connectivity index (χ4v) is 2.82. The molecule has 2 N–H and O–H groups in total. The van der Waals surface area contributed by atoms with Crippen molar-refractivity contribution in [1.29, 1.82) is 0 Å². The van der Waals surface area contributed by atoms with E-state index in [1.807, 2.05) is 36.4 Å². The normalized spacial score (nSPS) is 12.7. The third-order valence-corrected chi connectivity index (χ3v) is 4.31. The smallest absolute Gasteiger partial charge is 0.157 e. The van der Waals surface area contributed by atoms with E-state index in [9.17, 15) is 5.11 Å². The van der Waals surface area contributed by atoms with Crippen LogP contribution >= 0.6 is 15.9 Å². The van der Waals surface area contributed by atoms with Gasteiger partial charge < -0.3 is 10.4 Å². The van der Waals surface area contributed by atoms with Crippen molar-refractivity contribution in [2.75, 3.05) is 11.9 Å². The monoisotopic (exact) mass is 374 g/mol. The van der Waals surface area contributed by atoms with Crippen LogP contribution < -0.4 is 5.32 Å². The molecule has 0 aliphatic rings. The van der Waals surface area contributed by atoms with E-state index < -0.39 is 0 Å². The summed E-state index contributed by atoms with van der Waals surface area (Å²) in [5, 5.41) is 17.3. The molecule has 3 rings (SSSR count). The van der Waals surface area contributed by atoms with E-state index in [-0.39, 0.29) is 12.6 Å². The maximum atomic E-state index is 9.59. The van der Waals surface area contributed by atoms with Gasteiger partial charge >= 0.3 is 0 Å². The largest absolute Gasteiger partial charge is 0.394 e. The first-order chi connectivity index (χ1) is 11.1. The van der Waals surface area contributed by atoms with Crippen molar-refractivity contribution in [2.45, 2.75) is 19.9 Å². The average Bonchev–Trinajstić information content (AvgIpc) is 3.00. The molecule has 0 aliphatic heterocycles. The topological polar surface area (TPSA) is 62.5 Å². The molecule has 0 radical (unpaired) electrons. The van der Waals surface area contributed by atoms with Gasteiger partial charge in [-0.1, -0.05) is 41.9 Å². The predicted molar refractivity (Wildman–Crippen MR) is 95.5 cm³/mol. The Labute approximate surface area is 143 Å². The summed E-state index contributed by atoms with van der Waals surface area (Å²) >= 11 is 3.50. The molecule has 2 heterocycles. The summed E-state index contributed by atoms with van der Waals surface area (Å²) in [5.74, 6) is 1.12. The number of halogens is 1. The molecule has 2 aromatic heterocycles. The predicted octanol–water partition coefficient (Wildman–Crippen LogP) is 3.59. The molecular weight excluding hydrogens is 356 g/mol. The van der Waals surface area contributed by atoms with E-state index in [1.165, 1.54) is 0 Å². The second-order valence-electron chi connectivity index (χ2n) is 5.82. The Morgan fingerprint density at radius 3 is 2.78 bits per heavy atom. The van der Waals surface area contributed by atoms with Gasteiger partial charge in [0.1, 0.15) is 5.82 Å². The standard InChI is InChI=1S/C17H19BrN4O/c1-11(2)15(10-23)21-17-9-14(12-4-3-5-13(18)8-12)20-16-6-7-19-22(16)17/h3-9,11,15,21,23H,10H2,1-2H3/t15-/m1/s1. The Balaban J connectivity index is 2.08. The molecule has 23 heavy (non-hydrogen) atoms. The van der Waals surface area contributed by atoms with E-state index in [0.29, 0.717) is 5.92 Å². The van der Waals surface area contributed by atoms with Gasteiger partial charge in [-0.15, -0.1) is 0 Å². The molecule has 1 aromatic carbocycles. The van der Waals surface area contributed by atoms with Gasteiger partial charge in [0.05, 0.1) is 24.5 Å². The number of benzene rings is 1. The molecule has 0 aliphatic carbocycles. The highest BCUT2D eigenvalue weighted by Gasteiger charge is 2.15. The zero-order valence-corrected chi connectivity index (χ0v) is 14.7. The molecule has 0 saturated carbocycles. The van der Waals surface area contributed by atoms with Crippen LogP contribution in [0, 0.1) is 5.92 Å². The molecular formula is C17H19BrN4O. The minimum Gasteiger partial charge on any atom is -0.394 e. The number of fused-ring (bicyclic) bond motifs is 1. The second-order valence-corrected chi connectivity index (χ2v) is 6.73. The van der Waals surface area contributed by atoms with Crippen molar-refractivity contribution in [1.82, 2.24) is 14.6 Å². The number of anilines is 1. The van der Waals surface area contributed by atoms with E-state index in [4.69, 9.17) is 0 Å². The van der Waals surface area contributed by atoms with Gasteiger partial charge in [-0.25, -0.2) is 4.98 Å². The molecule has 0 bridgehead atoms. The SMILES string of the molecule is CC(C)[C@@H](CO)Nc1cc(-c2cccc(Br)c2)nc2ccnn12. The van der Waals surface area contributed by atoms with Crippen molar-refractivity contribution in [3.63, 3.8) is 0 Å². The zero-order chi connectivity index (χ0) is 16.4. The van der Waals surface area contributed by atoms with Crippen molar-refractivity contribution >= 4 is 27.4 Å². The Bertz CT molecular complexity index is 815. The number of hydrogen-bond donors (Lipinski definition) is 2. The highest BCUT2D eigenvalue weighted by Crippen LogP contribution is 2.25. The van der Waals surface area contributed by atoms with Crippen LogP contribution in [0.1, 0.15) is 13.8 Å². The summed E-state index contributed by atoms with van der Waals surface area (Å²) in [6.45, 7) is 4.21. The fourth-order valence-electron chi connectivity index (χ4n) is 2.42. The third-order valence-electron chi connectivity index (χ3n) is 3.81. The minimum absolute atomic E-state index is 0.0415. The van der Waals surface area contributed by atoms with Crippen molar-refractivity contribution < 1.29 is 5.11 Å². The van der Waals surface area contributed by atoms with E-state index >= 15 is 0 Å². The van der Waals surface area contributed by atoms with Crippen LogP contribution in [-0.2, 0) is 0 Å². The molecule has 6 heteroatoms. The molecule has 0 unspecified atom stereocenters. The van der Waals surface area contributed by atoms with Crippen LogP contribution in [0.3, 0.4) is 0 Å². The van der Waals surface area contributed by atoms with E-state index in [1.54, 1.807) is 10.7 Å². The van der Waals surface area contributed by atoms with Crippen LogP contribution in [0.25, 0.3) is 16.9 Å². The van der Waals surface area contributed by atoms with Gasteiger partial charge in [0.2, 0.25) is 0 Å². The number of rotatable bonds is 5. The Morgan fingerprint density at radius 1 is 1.26 bits per heavy atom. The first-order valence-electron chi connectivity index (χ1n) is 7.56. The lowest BCUT2D eigenvalue weighted by molar-refractivity contribution is 0.249. The van der Waals surface area contributed by atoms with Crippen molar-refractivity contribution in [2.24, 2.45) is 5.92 Å². The van der Waals surface area contributed by atoms with Gasteiger partial charge in [0, 0.05) is 22.2 Å². The van der Waals surface area contributed by atoms with Gasteiger partial charge in [-0.2, -0.15) is 9.61 Å². The first-order valence-corrected chi connectivity index (χ1v) is 8.36. The number of nitrogens with zero attached hydrogens (tertiary/aromatic N) is 3. The fraction of sp³-hybridized carbons (Fsp3) is 0.294. The third kappa shape index (κ3) is 3.38. The van der Waals surface area contributed by atoms with Gasteiger partial charge in [-0.3, -0.25) is 0 Å². The van der Waals surface area contributed by atoms with Crippen LogP contribution in [-0.4, -0.2) is 32.4 Å². The maximum absolute atomic E-state index is 9.59. The van der Waals surface area contributed by atoms with Gasteiger partial charge in [0.25, 0.3) is 0 Å². The Kier molecular flexibility index (Phi) is 4.63. The van der Waals surface area contributed by atoms with Crippen LogP contribution in [0.5, 0.6) is 0 Å². The van der Waals surface area contributed by atoms with Crippen LogP contribution in [0.2, 0.25) is 0 Å². The molecule has 3 aromatic rings. The summed E-state index contributed by atoms with van der Waals surface area (Å²) in [6.07, 6.45) is 1.72. The van der Waals surface area contributed by atoms with E-state index in [2.05, 4.69) is 45.2 Å². The molecule has 1 atom stereocenters. The van der Waals surface area contributed by atoms with Crippen LogP contribution in [0.4, 0.5) is 5.82 Å². The summed E-state index contributed by atoms with van der Waals surface area (Å²) in [7, 11) is 0. The molecule has 0 saturated heterocycles. The Hall–Kier alpha value is -1.92. The molecule has 120 valence electrons. The minimum atomic E-state index is -0.0415. The lowest BCUT2D eigenvalue weighted by atomic mass is 10.1. The van der Waals surface area contributed by atoms with Gasteiger partial charge in [-0.05, 0) is 18.1 Å². The summed E-state index contributed by atoms with van der Waals surface area (Å²) in [4.78, 5) is 4.66.